The second-order valence-electron chi connectivity index (χ2n) is 2.25. The average molecular weight is 149 g/mol. The first-order valence-corrected chi connectivity index (χ1v) is 3.58. The minimum atomic E-state index is 0.741. The van der Waals surface area contributed by atoms with Crippen LogP contribution in [0, 0.1) is 0 Å². The lowest BCUT2D eigenvalue weighted by molar-refractivity contribution is 1.07. The summed E-state index contributed by atoms with van der Waals surface area (Å²) in [6.45, 7) is 10.9. The highest BCUT2D eigenvalue weighted by Crippen LogP contribution is 2.11. The lowest BCUT2D eigenvalue weighted by Gasteiger charge is -2.03. The van der Waals surface area contributed by atoms with Gasteiger partial charge in [-0.1, -0.05) is 18.7 Å². The molecule has 0 amide bonds. The smallest absolute Gasteiger partial charge is 0.0306 e. The van der Waals surface area contributed by atoms with Gasteiger partial charge in [-0.3, -0.25) is 0 Å². The third-order valence-corrected chi connectivity index (χ3v) is 1.41. The molecule has 0 aliphatic rings. The lowest BCUT2D eigenvalue weighted by Crippen LogP contribution is -1.98. The zero-order valence-electron chi connectivity index (χ0n) is 6.84. The molecule has 0 spiro atoms. The van der Waals surface area contributed by atoms with Gasteiger partial charge in [-0.25, -0.2) is 0 Å². The van der Waals surface area contributed by atoms with Crippen molar-refractivity contribution in [3.05, 3.63) is 49.2 Å². The van der Waals surface area contributed by atoms with Crippen molar-refractivity contribution in [2.45, 2.75) is 12.8 Å². The van der Waals surface area contributed by atoms with Crippen molar-refractivity contribution in [3.63, 3.8) is 0 Å². The van der Waals surface area contributed by atoms with Crippen LogP contribution >= 0.6 is 0 Å². The molecule has 0 aromatic rings. The molecule has 0 rings (SSSR count). The SMILES string of the molecule is C=CCC(CC=C)=C(N)C=C. The molecule has 0 unspecified atom stereocenters. The van der Waals surface area contributed by atoms with Crippen molar-refractivity contribution in [2.24, 2.45) is 5.73 Å². The normalized spacial score (nSPS) is 8.36. The van der Waals surface area contributed by atoms with Crippen molar-refractivity contribution < 1.29 is 0 Å². The number of rotatable bonds is 5. The topological polar surface area (TPSA) is 26.0 Å². The second-order valence-corrected chi connectivity index (χ2v) is 2.25. The minimum absolute atomic E-state index is 0.741. The maximum atomic E-state index is 5.66. The summed E-state index contributed by atoms with van der Waals surface area (Å²) < 4.78 is 0. The summed E-state index contributed by atoms with van der Waals surface area (Å²) in [6.07, 6.45) is 6.93. The molecule has 0 radical (unpaired) electrons. The Balaban J connectivity index is 4.40. The highest BCUT2D eigenvalue weighted by atomic mass is 14.6. The van der Waals surface area contributed by atoms with Crippen molar-refractivity contribution in [2.75, 3.05) is 0 Å². The molecule has 2 N–H and O–H groups in total. The quantitative estimate of drug-likeness (QED) is 0.472. The second kappa shape index (κ2) is 5.54. The van der Waals surface area contributed by atoms with Crippen molar-refractivity contribution in [1.82, 2.24) is 0 Å². The zero-order valence-corrected chi connectivity index (χ0v) is 6.84. The summed E-state index contributed by atoms with van der Waals surface area (Å²) in [4.78, 5) is 0. The van der Waals surface area contributed by atoms with Crippen LogP contribution in [0.2, 0.25) is 0 Å². The fourth-order valence-corrected chi connectivity index (χ4v) is 0.812. The van der Waals surface area contributed by atoms with Crippen LogP contribution in [0.3, 0.4) is 0 Å². The number of hydrogen-bond donors (Lipinski definition) is 1. The third kappa shape index (κ3) is 3.46. The molecule has 0 aromatic heterocycles. The van der Waals surface area contributed by atoms with Gasteiger partial charge in [-0.15, -0.1) is 13.2 Å². The molecule has 0 aliphatic heterocycles. The molecule has 0 saturated heterocycles. The van der Waals surface area contributed by atoms with Gasteiger partial charge < -0.3 is 5.73 Å². The molecule has 0 heterocycles. The van der Waals surface area contributed by atoms with Crippen LogP contribution in [0.25, 0.3) is 0 Å². The minimum Gasteiger partial charge on any atom is -0.399 e. The summed E-state index contributed by atoms with van der Waals surface area (Å²) in [5.74, 6) is 0. The summed E-state index contributed by atoms with van der Waals surface area (Å²) in [6, 6.07) is 0. The van der Waals surface area contributed by atoms with E-state index < -0.39 is 0 Å². The van der Waals surface area contributed by atoms with Crippen molar-refractivity contribution in [1.29, 1.82) is 0 Å². The molecule has 11 heavy (non-hydrogen) atoms. The molecule has 0 aliphatic carbocycles. The molecule has 0 bridgehead atoms. The maximum absolute atomic E-state index is 5.66. The van der Waals surface area contributed by atoms with E-state index in [1.54, 1.807) is 6.08 Å². The van der Waals surface area contributed by atoms with Crippen LogP contribution in [-0.2, 0) is 0 Å². The Morgan fingerprint density at radius 3 is 1.82 bits per heavy atom. The van der Waals surface area contributed by atoms with E-state index in [1.165, 1.54) is 0 Å². The first kappa shape index (κ1) is 9.76. The molecule has 0 atom stereocenters. The van der Waals surface area contributed by atoms with Crippen LogP contribution in [0.1, 0.15) is 12.8 Å². The van der Waals surface area contributed by atoms with Gasteiger partial charge in [0.2, 0.25) is 0 Å². The van der Waals surface area contributed by atoms with Gasteiger partial charge in [0.1, 0.15) is 0 Å². The van der Waals surface area contributed by atoms with E-state index in [0.717, 1.165) is 24.1 Å². The van der Waals surface area contributed by atoms with E-state index in [0.29, 0.717) is 0 Å². The number of nitrogens with two attached hydrogens (primary N) is 1. The van der Waals surface area contributed by atoms with Crippen LogP contribution in [0.4, 0.5) is 0 Å². The number of hydrogen-bond acceptors (Lipinski definition) is 1. The van der Waals surface area contributed by atoms with Crippen molar-refractivity contribution in [3.8, 4) is 0 Å². The Bertz CT molecular complexity index is 175. The molecule has 60 valence electrons. The predicted octanol–water partition coefficient (Wildman–Crippen LogP) is 2.54. The summed E-state index contributed by atoms with van der Waals surface area (Å²) in [5.41, 5.74) is 7.53. The van der Waals surface area contributed by atoms with E-state index in [4.69, 9.17) is 5.73 Å². The largest absolute Gasteiger partial charge is 0.399 e. The Morgan fingerprint density at radius 2 is 1.55 bits per heavy atom. The lowest BCUT2D eigenvalue weighted by atomic mass is 10.1. The zero-order chi connectivity index (χ0) is 8.69. The van der Waals surface area contributed by atoms with Crippen LogP contribution in [-0.4, -0.2) is 0 Å². The first-order valence-electron chi connectivity index (χ1n) is 3.58. The van der Waals surface area contributed by atoms with E-state index in [1.807, 2.05) is 12.2 Å². The molecular weight excluding hydrogens is 134 g/mol. The van der Waals surface area contributed by atoms with E-state index in [2.05, 4.69) is 19.7 Å². The molecule has 0 aromatic carbocycles. The van der Waals surface area contributed by atoms with E-state index in [9.17, 15) is 0 Å². The van der Waals surface area contributed by atoms with Gasteiger partial charge in [0.25, 0.3) is 0 Å². The van der Waals surface area contributed by atoms with Crippen molar-refractivity contribution >= 4 is 0 Å². The Labute approximate surface area is 68.6 Å². The highest BCUT2D eigenvalue weighted by Gasteiger charge is 1.95. The van der Waals surface area contributed by atoms with Gasteiger partial charge in [0.15, 0.2) is 0 Å². The van der Waals surface area contributed by atoms with Crippen LogP contribution < -0.4 is 5.73 Å². The average Bonchev–Trinajstić information content (AvgIpc) is 2.03. The Morgan fingerprint density at radius 1 is 1.09 bits per heavy atom. The van der Waals surface area contributed by atoms with Gasteiger partial charge in [-0.05, 0) is 24.5 Å². The predicted molar refractivity (Wildman–Crippen MR) is 51.0 cm³/mol. The fourth-order valence-electron chi connectivity index (χ4n) is 0.812. The molecular formula is C10H15N. The van der Waals surface area contributed by atoms with E-state index >= 15 is 0 Å². The maximum Gasteiger partial charge on any atom is 0.0306 e. The van der Waals surface area contributed by atoms with Crippen LogP contribution in [0.15, 0.2) is 49.2 Å². The summed E-state index contributed by atoms with van der Waals surface area (Å²) in [5, 5.41) is 0. The van der Waals surface area contributed by atoms with Gasteiger partial charge in [-0.2, -0.15) is 0 Å². The Kier molecular flexibility index (Phi) is 4.91. The molecule has 1 nitrogen and oxygen atoms in total. The monoisotopic (exact) mass is 149 g/mol. The fraction of sp³-hybridized carbons (Fsp3) is 0.200. The standard InChI is InChI=1S/C10H15N/c1-4-7-9(8-5-2)10(11)6-3/h4-6H,1-3,7-8,11H2. The third-order valence-electron chi connectivity index (χ3n) is 1.41. The number of allylic oxidation sites excluding steroid dienone is 4. The first-order chi connectivity index (χ1) is 5.26. The van der Waals surface area contributed by atoms with Gasteiger partial charge in [0.05, 0.1) is 0 Å². The molecule has 1 heteroatoms. The molecule has 0 saturated carbocycles. The summed E-state index contributed by atoms with van der Waals surface area (Å²) in [7, 11) is 0. The molecule has 0 fully saturated rings. The van der Waals surface area contributed by atoms with Crippen LogP contribution in [0.5, 0.6) is 0 Å². The Hall–Kier alpha value is -1.24. The van der Waals surface area contributed by atoms with Gasteiger partial charge in [0, 0.05) is 5.70 Å². The summed E-state index contributed by atoms with van der Waals surface area (Å²) >= 11 is 0. The van der Waals surface area contributed by atoms with E-state index in [-0.39, 0.29) is 0 Å². The van der Waals surface area contributed by atoms with Gasteiger partial charge >= 0.3 is 0 Å². The highest BCUT2D eigenvalue weighted by molar-refractivity contribution is 5.24.